The van der Waals surface area contributed by atoms with Crippen LogP contribution in [0.1, 0.15) is 53.5 Å². The van der Waals surface area contributed by atoms with Crippen LogP contribution in [0.3, 0.4) is 0 Å². The van der Waals surface area contributed by atoms with Crippen molar-refractivity contribution in [3.63, 3.8) is 0 Å². The molecule has 3 aromatic carbocycles. The molecule has 8 heteroatoms. The van der Waals surface area contributed by atoms with Gasteiger partial charge in [-0.25, -0.2) is 8.42 Å². The van der Waals surface area contributed by atoms with Gasteiger partial charge in [-0.2, -0.15) is 0 Å². The number of aryl methyl sites for hydroxylation is 3. The Morgan fingerprint density at radius 2 is 1.54 bits per heavy atom. The van der Waals surface area contributed by atoms with Crippen molar-refractivity contribution in [3.8, 4) is 0 Å². The molecule has 3 aromatic rings. The zero-order chi connectivity index (χ0) is 29.6. The predicted octanol–water partition coefficient (Wildman–Crippen LogP) is 5.08. The number of hydrogen-bond acceptors (Lipinski definition) is 4. The van der Waals surface area contributed by atoms with Crippen molar-refractivity contribution < 1.29 is 18.0 Å². The maximum Gasteiger partial charge on any atom is 0.244 e. The van der Waals surface area contributed by atoms with E-state index in [1.54, 1.807) is 17.0 Å². The van der Waals surface area contributed by atoms with Crippen LogP contribution in [0.15, 0.2) is 72.8 Å². The van der Waals surface area contributed by atoms with Crippen molar-refractivity contribution >= 4 is 27.5 Å². The summed E-state index contributed by atoms with van der Waals surface area (Å²) in [5.41, 5.74) is 5.21. The number of sulfonamides is 1. The highest BCUT2D eigenvalue weighted by Crippen LogP contribution is 2.24. The quantitative estimate of drug-likeness (QED) is 0.346. The highest BCUT2D eigenvalue weighted by Gasteiger charge is 2.34. The van der Waals surface area contributed by atoms with Crippen molar-refractivity contribution in [2.24, 2.45) is 0 Å². The second-order valence-corrected chi connectivity index (χ2v) is 13.1. The number of carbonyl (C=O) groups is 2. The van der Waals surface area contributed by atoms with Gasteiger partial charge in [0, 0.05) is 19.0 Å². The molecule has 218 valence electrons. The molecule has 0 radical (unpaired) electrons. The molecule has 0 heterocycles. The molecule has 0 bridgehead atoms. The Bertz CT molecular complexity index is 1470. The lowest BCUT2D eigenvalue weighted by atomic mass is 10.0. The molecule has 1 saturated carbocycles. The van der Waals surface area contributed by atoms with Crippen LogP contribution in [0.2, 0.25) is 0 Å². The first-order valence-corrected chi connectivity index (χ1v) is 16.1. The van der Waals surface area contributed by atoms with Gasteiger partial charge in [-0.3, -0.25) is 13.9 Å². The van der Waals surface area contributed by atoms with Gasteiger partial charge >= 0.3 is 0 Å². The van der Waals surface area contributed by atoms with E-state index in [1.165, 1.54) is 0 Å². The van der Waals surface area contributed by atoms with E-state index in [0.29, 0.717) is 12.1 Å². The Balaban J connectivity index is 1.74. The van der Waals surface area contributed by atoms with E-state index in [9.17, 15) is 18.0 Å². The van der Waals surface area contributed by atoms with Crippen LogP contribution in [0, 0.1) is 20.8 Å². The van der Waals surface area contributed by atoms with E-state index < -0.39 is 28.5 Å². The van der Waals surface area contributed by atoms with E-state index >= 15 is 0 Å². The van der Waals surface area contributed by atoms with E-state index in [0.717, 1.165) is 64.1 Å². The summed E-state index contributed by atoms with van der Waals surface area (Å²) in [6.07, 6.45) is 5.40. The molecule has 1 N–H and O–H groups in total. The van der Waals surface area contributed by atoms with Gasteiger partial charge in [0.1, 0.15) is 12.6 Å². The zero-order valence-corrected chi connectivity index (χ0v) is 25.3. The lowest BCUT2D eigenvalue weighted by Gasteiger charge is -2.34. The Hall–Kier alpha value is -3.65. The Labute approximate surface area is 244 Å². The number of nitrogens with zero attached hydrogens (tertiary/aromatic N) is 2. The minimum Gasteiger partial charge on any atom is -0.352 e. The Morgan fingerprint density at radius 3 is 2.17 bits per heavy atom. The number of rotatable bonds is 11. The van der Waals surface area contributed by atoms with Crippen molar-refractivity contribution in [3.05, 3.63) is 101 Å². The Morgan fingerprint density at radius 1 is 0.878 bits per heavy atom. The summed E-state index contributed by atoms with van der Waals surface area (Å²) in [6, 6.07) is 22.0. The smallest absolute Gasteiger partial charge is 0.244 e. The highest BCUT2D eigenvalue weighted by molar-refractivity contribution is 7.92. The molecule has 1 aliphatic rings. The van der Waals surface area contributed by atoms with Gasteiger partial charge in [-0.15, -0.1) is 0 Å². The molecule has 2 amide bonds. The highest BCUT2D eigenvalue weighted by atomic mass is 32.2. The van der Waals surface area contributed by atoms with Gasteiger partial charge in [0.05, 0.1) is 11.9 Å². The largest absolute Gasteiger partial charge is 0.352 e. The van der Waals surface area contributed by atoms with Crippen LogP contribution in [0.25, 0.3) is 0 Å². The number of carbonyl (C=O) groups excluding carboxylic acids is 2. The van der Waals surface area contributed by atoms with Crippen molar-refractivity contribution in [1.82, 2.24) is 10.2 Å². The van der Waals surface area contributed by atoms with Gasteiger partial charge in [-0.05, 0) is 73.6 Å². The van der Waals surface area contributed by atoms with Gasteiger partial charge < -0.3 is 10.2 Å². The van der Waals surface area contributed by atoms with Crippen LogP contribution < -0.4 is 9.62 Å². The maximum atomic E-state index is 14.3. The molecule has 4 rings (SSSR count). The van der Waals surface area contributed by atoms with Crippen LogP contribution in [0.5, 0.6) is 0 Å². The normalized spacial score (nSPS) is 14.4. The summed E-state index contributed by atoms with van der Waals surface area (Å²) in [5, 5.41) is 3.20. The predicted molar refractivity (Wildman–Crippen MR) is 164 cm³/mol. The summed E-state index contributed by atoms with van der Waals surface area (Å²) in [4.78, 5) is 29.7. The molecule has 0 saturated heterocycles. The summed E-state index contributed by atoms with van der Waals surface area (Å²) in [6.45, 7) is 5.62. The van der Waals surface area contributed by atoms with Crippen LogP contribution in [-0.4, -0.2) is 50.0 Å². The average Bonchev–Trinajstić information content (AvgIpc) is 3.44. The maximum absolute atomic E-state index is 14.3. The van der Waals surface area contributed by atoms with E-state index in [1.807, 2.05) is 81.4 Å². The fourth-order valence-corrected chi connectivity index (χ4v) is 6.23. The molecule has 1 fully saturated rings. The first-order valence-electron chi connectivity index (χ1n) is 14.3. The number of amides is 2. The third-order valence-electron chi connectivity index (χ3n) is 8.03. The number of anilines is 1. The number of hydrogen-bond donors (Lipinski definition) is 1. The standard InChI is InChI=1S/C33H41N3O4S/c1-24-18-19-30(20-26(24)3)36(41(4,39)40)23-32(37)35(22-28-15-9-8-12-25(28)2)31(21-27-13-6-5-7-14-27)33(38)34-29-16-10-11-17-29/h5-9,12-15,18-20,29,31H,10-11,16-17,21-23H2,1-4H3,(H,34,38). The molecule has 0 spiro atoms. The lowest BCUT2D eigenvalue weighted by Crippen LogP contribution is -2.54. The first kappa shape index (κ1) is 30.3. The summed E-state index contributed by atoms with van der Waals surface area (Å²) < 4.78 is 27.1. The molecule has 41 heavy (non-hydrogen) atoms. The second-order valence-electron chi connectivity index (χ2n) is 11.2. The summed E-state index contributed by atoms with van der Waals surface area (Å²) >= 11 is 0. The number of benzene rings is 3. The zero-order valence-electron chi connectivity index (χ0n) is 24.5. The van der Waals surface area contributed by atoms with Crippen molar-refractivity contribution in [1.29, 1.82) is 0 Å². The van der Waals surface area contributed by atoms with Crippen LogP contribution in [-0.2, 0) is 32.6 Å². The SMILES string of the molecule is Cc1ccc(N(CC(=O)N(Cc2ccccc2C)C(Cc2ccccc2)C(=O)NC2CCCC2)S(C)(=O)=O)cc1C. The summed E-state index contributed by atoms with van der Waals surface area (Å²) in [5.74, 6) is -0.640. The minimum absolute atomic E-state index is 0.0826. The average molecular weight is 576 g/mol. The van der Waals surface area contributed by atoms with E-state index in [4.69, 9.17) is 0 Å². The molecule has 1 aliphatic carbocycles. The van der Waals surface area contributed by atoms with Gasteiger partial charge in [0.15, 0.2) is 0 Å². The van der Waals surface area contributed by atoms with Gasteiger partial charge in [0.2, 0.25) is 21.8 Å². The molecular formula is C33H41N3O4S. The monoisotopic (exact) mass is 575 g/mol. The third-order valence-corrected chi connectivity index (χ3v) is 9.17. The molecule has 0 aromatic heterocycles. The molecule has 0 aliphatic heterocycles. The van der Waals surface area contributed by atoms with Gasteiger partial charge in [0.25, 0.3) is 0 Å². The minimum atomic E-state index is -3.80. The molecule has 1 unspecified atom stereocenters. The lowest BCUT2D eigenvalue weighted by molar-refractivity contribution is -0.140. The van der Waals surface area contributed by atoms with Crippen LogP contribution >= 0.6 is 0 Å². The van der Waals surface area contributed by atoms with Crippen molar-refractivity contribution in [2.75, 3.05) is 17.1 Å². The molecular weight excluding hydrogens is 534 g/mol. The first-order chi connectivity index (χ1) is 19.5. The summed E-state index contributed by atoms with van der Waals surface area (Å²) in [7, 11) is -3.80. The fourth-order valence-electron chi connectivity index (χ4n) is 5.39. The molecule has 7 nitrogen and oxygen atoms in total. The van der Waals surface area contributed by atoms with Crippen LogP contribution in [0.4, 0.5) is 5.69 Å². The fraction of sp³-hybridized carbons (Fsp3) is 0.394. The topological polar surface area (TPSA) is 86.8 Å². The van der Waals surface area contributed by atoms with E-state index in [-0.39, 0.29) is 18.5 Å². The van der Waals surface area contributed by atoms with Gasteiger partial charge in [-0.1, -0.05) is 73.5 Å². The van der Waals surface area contributed by atoms with E-state index in [2.05, 4.69) is 5.32 Å². The van der Waals surface area contributed by atoms with Crippen molar-refractivity contribution in [2.45, 2.75) is 71.5 Å². The molecule has 1 atom stereocenters. The Kier molecular flexibility index (Phi) is 9.86. The second kappa shape index (κ2) is 13.3. The third kappa shape index (κ3) is 7.97. The number of nitrogens with one attached hydrogen (secondary N) is 1.